The van der Waals surface area contributed by atoms with Gasteiger partial charge in [-0.15, -0.1) is 0 Å². The SMILES string of the molecule is COC(=O)C1=C(C)N=C2SC=CN2C1c1ccccc1. The van der Waals surface area contributed by atoms with Crippen LogP contribution in [0.2, 0.25) is 0 Å². The fourth-order valence-corrected chi connectivity index (χ4v) is 3.23. The highest BCUT2D eigenvalue weighted by Gasteiger charge is 2.36. The van der Waals surface area contributed by atoms with E-state index >= 15 is 0 Å². The number of amidine groups is 1. The molecule has 0 aromatic heterocycles. The van der Waals surface area contributed by atoms with Crippen molar-refractivity contribution in [2.24, 2.45) is 4.99 Å². The molecule has 0 saturated carbocycles. The Morgan fingerprint density at radius 1 is 1.35 bits per heavy atom. The van der Waals surface area contributed by atoms with Crippen LogP contribution >= 0.6 is 11.8 Å². The highest BCUT2D eigenvalue weighted by atomic mass is 32.2. The third-order valence-corrected chi connectivity index (χ3v) is 4.11. The Kier molecular flexibility index (Phi) is 3.36. The Bertz CT molecular complexity index is 635. The predicted molar refractivity (Wildman–Crippen MR) is 79.9 cm³/mol. The zero-order valence-corrected chi connectivity index (χ0v) is 12.1. The number of allylic oxidation sites excluding steroid dienone is 1. The monoisotopic (exact) mass is 286 g/mol. The van der Waals surface area contributed by atoms with Crippen molar-refractivity contribution in [3.8, 4) is 0 Å². The second-order valence-corrected chi connectivity index (χ2v) is 5.38. The molecule has 0 saturated heterocycles. The summed E-state index contributed by atoms with van der Waals surface area (Å²) in [6, 6.07) is 9.75. The van der Waals surface area contributed by atoms with Gasteiger partial charge < -0.3 is 9.64 Å². The number of hydrogen-bond donors (Lipinski definition) is 0. The predicted octanol–water partition coefficient (Wildman–Crippen LogP) is 3.06. The van der Waals surface area contributed by atoms with E-state index in [2.05, 4.69) is 4.99 Å². The lowest BCUT2D eigenvalue weighted by Crippen LogP contribution is -2.33. The van der Waals surface area contributed by atoms with E-state index in [0.717, 1.165) is 10.7 Å². The normalized spacial score (nSPS) is 20.8. The largest absolute Gasteiger partial charge is 0.466 e. The molecule has 1 aromatic rings. The Morgan fingerprint density at radius 3 is 2.80 bits per heavy atom. The van der Waals surface area contributed by atoms with Gasteiger partial charge in [0, 0.05) is 6.20 Å². The smallest absolute Gasteiger partial charge is 0.338 e. The molecular weight excluding hydrogens is 272 g/mol. The van der Waals surface area contributed by atoms with Crippen molar-refractivity contribution in [1.29, 1.82) is 0 Å². The highest BCUT2D eigenvalue weighted by molar-refractivity contribution is 8.16. The van der Waals surface area contributed by atoms with Crippen LogP contribution in [0.4, 0.5) is 0 Å². The zero-order chi connectivity index (χ0) is 14.1. The first kappa shape index (κ1) is 13.0. The summed E-state index contributed by atoms with van der Waals surface area (Å²) in [5.41, 5.74) is 2.36. The molecule has 0 amide bonds. The molecule has 1 unspecified atom stereocenters. The minimum Gasteiger partial charge on any atom is -0.466 e. The van der Waals surface area contributed by atoms with Gasteiger partial charge in [0.05, 0.1) is 24.4 Å². The van der Waals surface area contributed by atoms with E-state index in [9.17, 15) is 4.79 Å². The van der Waals surface area contributed by atoms with Crippen LogP contribution < -0.4 is 0 Å². The number of carbonyl (C=O) groups is 1. The Hall–Kier alpha value is -2.01. The van der Waals surface area contributed by atoms with Crippen LogP contribution in [0.1, 0.15) is 18.5 Å². The number of methoxy groups -OCH3 is 1. The lowest BCUT2D eigenvalue weighted by Gasteiger charge is -2.33. The third kappa shape index (κ3) is 2.04. The van der Waals surface area contributed by atoms with Crippen LogP contribution in [0, 0.1) is 0 Å². The van der Waals surface area contributed by atoms with Gasteiger partial charge in [-0.2, -0.15) is 0 Å². The Morgan fingerprint density at radius 2 is 2.10 bits per heavy atom. The fourth-order valence-electron chi connectivity index (χ4n) is 2.43. The maximum absolute atomic E-state index is 12.1. The summed E-state index contributed by atoms with van der Waals surface area (Å²) < 4.78 is 4.94. The molecule has 4 nitrogen and oxygen atoms in total. The van der Waals surface area contributed by atoms with Gasteiger partial charge >= 0.3 is 5.97 Å². The number of carbonyl (C=O) groups excluding carboxylic acids is 1. The molecule has 0 fully saturated rings. The number of thioether (sulfide) groups is 1. The molecule has 3 rings (SSSR count). The topological polar surface area (TPSA) is 41.9 Å². The summed E-state index contributed by atoms with van der Waals surface area (Å²) in [6.07, 6.45) is 1.95. The summed E-state index contributed by atoms with van der Waals surface area (Å²) in [5, 5.41) is 2.87. The molecule has 0 bridgehead atoms. The molecule has 1 atom stereocenters. The van der Waals surface area contributed by atoms with Crippen molar-refractivity contribution in [2.75, 3.05) is 7.11 Å². The van der Waals surface area contributed by atoms with E-state index in [-0.39, 0.29) is 12.0 Å². The highest BCUT2D eigenvalue weighted by Crippen LogP contribution is 2.40. The molecule has 0 radical (unpaired) electrons. The second-order valence-electron chi connectivity index (χ2n) is 4.51. The third-order valence-electron chi connectivity index (χ3n) is 3.34. The van der Waals surface area contributed by atoms with Gasteiger partial charge in [0.15, 0.2) is 5.17 Å². The van der Waals surface area contributed by atoms with Gasteiger partial charge in [0.25, 0.3) is 0 Å². The quantitative estimate of drug-likeness (QED) is 0.784. The first-order valence-corrected chi connectivity index (χ1v) is 7.14. The standard InChI is InChI=1S/C15H14N2O2S/c1-10-12(14(18)19-2)13(11-6-4-3-5-7-11)17-8-9-20-15(17)16-10/h3-9,13H,1-2H3. The number of hydrogen-bond acceptors (Lipinski definition) is 5. The van der Waals surface area contributed by atoms with Gasteiger partial charge in [-0.25, -0.2) is 9.79 Å². The number of fused-ring (bicyclic) bond motifs is 1. The van der Waals surface area contributed by atoms with Crippen LogP contribution in [-0.2, 0) is 9.53 Å². The summed E-state index contributed by atoms with van der Waals surface area (Å²) in [7, 11) is 1.40. The van der Waals surface area contributed by atoms with Gasteiger partial charge in [-0.1, -0.05) is 42.1 Å². The van der Waals surface area contributed by atoms with E-state index in [0.29, 0.717) is 11.3 Å². The molecule has 20 heavy (non-hydrogen) atoms. The zero-order valence-electron chi connectivity index (χ0n) is 11.2. The van der Waals surface area contributed by atoms with Crippen molar-refractivity contribution < 1.29 is 9.53 Å². The second kappa shape index (κ2) is 5.17. The lowest BCUT2D eigenvalue weighted by molar-refractivity contribution is -0.136. The van der Waals surface area contributed by atoms with Gasteiger partial charge in [0.2, 0.25) is 0 Å². The molecule has 0 aliphatic carbocycles. The van der Waals surface area contributed by atoms with Gasteiger partial charge in [-0.3, -0.25) is 0 Å². The number of aliphatic imine (C=N–C) groups is 1. The van der Waals surface area contributed by atoms with E-state index in [4.69, 9.17) is 4.74 Å². The Labute approximate surface area is 121 Å². The summed E-state index contributed by atoms with van der Waals surface area (Å²) in [6.45, 7) is 1.85. The first-order chi connectivity index (χ1) is 9.72. The van der Waals surface area contributed by atoms with Crippen molar-refractivity contribution >= 4 is 22.9 Å². The maximum Gasteiger partial charge on any atom is 0.338 e. The fraction of sp³-hybridized carbons (Fsp3) is 0.200. The molecule has 0 N–H and O–H groups in total. The number of rotatable bonds is 2. The number of benzene rings is 1. The van der Waals surface area contributed by atoms with Crippen molar-refractivity contribution in [2.45, 2.75) is 13.0 Å². The molecule has 2 aliphatic rings. The van der Waals surface area contributed by atoms with Crippen LogP contribution in [0.25, 0.3) is 0 Å². The Balaban J connectivity index is 2.14. The van der Waals surface area contributed by atoms with E-state index < -0.39 is 0 Å². The molecule has 0 spiro atoms. The van der Waals surface area contributed by atoms with Crippen LogP contribution in [0.15, 0.2) is 58.2 Å². The van der Waals surface area contributed by atoms with Crippen LogP contribution in [0.3, 0.4) is 0 Å². The number of ether oxygens (including phenoxy) is 1. The summed E-state index contributed by atoms with van der Waals surface area (Å²) in [4.78, 5) is 18.6. The summed E-state index contributed by atoms with van der Waals surface area (Å²) >= 11 is 1.56. The number of esters is 1. The molecule has 2 aliphatic heterocycles. The average Bonchev–Trinajstić information content (AvgIpc) is 2.93. The van der Waals surface area contributed by atoms with Gasteiger partial charge in [0.1, 0.15) is 0 Å². The minimum absolute atomic E-state index is 0.178. The lowest BCUT2D eigenvalue weighted by atomic mass is 9.95. The van der Waals surface area contributed by atoms with Crippen LogP contribution in [0.5, 0.6) is 0 Å². The summed E-state index contributed by atoms with van der Waals surface area (Å²) in [5.74, 6) is -0.329. The molecule has 5 heteroatoms. The minimum atomic E-state index is -0.329. The first-order valence-electron chi connectivity index (χ1n) is 6.26. The van der Waals surface area contributed by atoms with Crippen LogP contribution in [-0.4, -0.2) is 23.1 Å². The van der Waals surface area contributed by atoms with Crippen molar-refractivity contribution in [3.05, 3.63) is 58.8 Å². The number of nitrogens with zero attached hydrogens (tertiary/aromatic N) is 2. The van der Waals surface area contributed by atoms with Gasteiger partial charge in [-0.05, 0) is 17.9 Å². The van der Waals surface area contributed by atoms with E-state index in [1.54, 1.807) is 11.8 Å². The molecule has 2 heterocycles. The maximum atomic E-state index is 12.1. The van der Waals surface area contributed by atoms with E-state index in [1.165, 1.54) is 7.11 Å². The van der Waals surface area contributed by atoms with E-state index in [1.807, 2.05) is 53.8 Å². The van der Waals surface area contributed by atoms with Crippen molar-refractivity contribution in [3.63, 3.8) is 0 Å². The average molecular weight is 286 g/mol. The van der Waals surface area contributed by atoms with Crippen molar-refractivity contribution in [1.82, 2.24) is 4.90 Å². The molecule has 1 aromatic carbocycles. The molecular formula is C15H14N2O2S. The molecule has 102 valence electrons.